The summed E-state index contributed by atoms with van der Waals surface area (Å²) in [4.78, 5) is 16.3. The zero-order valence-electron chi connectivity index (χ0n) is 12.1. The van der Waals surface area contributed by atoms with Crippen LogP contribution < -0.4 is 9.80 Å². The van der Waals surface area contributed by atoms with Gasteiger partial charge in [0.15, 0.2) is 0 Å². The van der Waals surface area contributed by atoms with Crippen molar-refractivity contribution in [3.63, 3.8) is 0 Å². The molecule has 20 heavy (non-hydrogen) atoms. The minimum atomic E-state index is 0.604. The highest BCUT2D eigenvalue weighted by Crippen LogP contribution is 2.39. The molecule has 1 aromatic rings. The molecule has 110 valence electrons. The van der Waals surface area contributed by atoms with Crippen LogP contribution in [0.15, 0.2) is 21.5 Å². The molecule has 0 unspecified atom stereocenters. The number of carbonyl (C=O) groups excluding carboxylic acids is 1. The van der Waals surface area contributed by atoms with Crippen molar-refractivity contribution in [3.8, 4) is 0 Å². The van der Waals surface area contributed by atoms with Gasteiger partial charge in [0.2, 0.25) is 0 Å². The molecule has 1 fully saturated rings. The van der Waals surface area contributed by atoms with Gasteiger partial charge in [0.25, 0.3) is 0 Å². The van der Waals surface area contributed by atoms with Crippen LogP contribution in [0.4, 0.5) is 11.4 Å². The second-order valence-electron chi connectivity index (χ2n) is 5.16. The first-order chi connectivity index (χ1) is 9.63. The van der Waals surface area contributed by atoms with Crippen molar-refractivity contribution < 1.29 is 4.79 Å². The number of hydrogen-bond acceptors (Lipinski definition) is 4. The Bertz CT molecular complexity index is 473. The lowest BCUT2D eigenvalue weighted by Crippen LogP contribution is -2.19. The van der Waals surface area contributed by atoms with Crippen molar-refractivity contribution in [2.45, 2.75) is 24.2 Å². The number of rotatable bonds is 6. The van der Waals surface area contributed by atoms with Crippen LogP contribution >= 0.6 is 27.7 Å². The summed E-state index contributed by atoms with van der Waals surface area (Å²) in [6.45, 7) is 2.27. The van der Waals surface area contributed by atoms with Gasteiger partial charge in [-0.2, -0.15) is 0 Å². The van der Waals surface area contributed by atoms with Crippen molar-refractivity contribution in [2.75, 3.05) is 42.7 Å². The lowest BCUT2D eigenvalue weighted by Gasteiger charge is -2.24. The van der Waals surface area contributed by atoms with Gasteiger partial charge < -0.3 is 14.6 Å². The molecule has 1 aromatic carbocycles. The Morgan fingerprint density at radius 3 is 2.65 bits per heavy atom. The Morgan fingerprint density at radius 1 is 1.35 bits per heavy atom. The Morgan fingerprint density at radius 2 is 2.05 bits per heavy atom. The molecular formula is C15H21BrN2OS. The van der Waals surface area contributed by atoms with Crippen molar-refractivity contribution in [3.05, 3.63) is 16.6 Å². The standard InChI is InChI=1S/C15H21BrN2OS/c1-17(2)14-10-12(16)13(18-6-3-4-7-18)11-15(14)20-9-5-8-19/h8,10-11H,3-7,9H2,1-2H3. The summed E-state index contributed by atoms with van der Waals surface area (Å²) in [6, 6.07) is 4.46. The largest absolute Gasteiger partial charge is 0.377 e. The van der Waals surface area contributed by atoms with E-state index in [1.54, 1.807) is 11.8 Å². The Balaban J connectivity index is 2.29. The van der Waals surface area contributed by atoms with E-state index < -0.39 is 0 Å². The third-order valence-corrected chi connectivity index (χ3v) is 5.16. The summed E-state index contributed by atoms with van der Waals surface area (Å²) in [5.74, 6) is 0.839. The van der Waals surface area contributed by atoms with Gasteiger partial charge in [0.1, 0.15) is 6.29 Å². The van der Waals surface area contributed by atoms with E-state index in [4.69, 9.17) is 0 Å². The van der Waals surface area contributed by atoms with Crippen molar-refractivity contribution >= 4 is 45.4 Å². The predicted molar refractivity (Wildman–Crippen MR) is 91.3 cm³/mol. The summed E-state index contributed by atoms with van der Waals surface area (Å²) in [5.41, 5.74) is 2.48. The molecule has 0 bridgehead atoms. The summed E-state index contributed by atoms with van der Waals surface area (Å²) in [5, 5.41) is 0. The van der Waals surface area contributed by atoms with Gasteiger partial charge in [-0.1, -0.05) is 0 Å². The maximum atomic E-state index is 10.5. The summed E-state index contributed by atoms with van der Waals surface area (Å²) in [7, 11) is 4.11. The number of halogens is 1. The van der Waals surface area contributed by atoms with Crippen LogP contribution in [0.25, 0.3) is 0 Å². The Hall–Kier alpha value is -0.680. The second kappa shape index (κ2) is 7.36. The third-order valence-electron chi connectivity index (χ3n) is 3.45. The van der Waals surface area contributed by atoms with Crippen molar-refractivity contribution in [2.24, 2.45) is 0 Å². The number of hydrogen-bond donors (Lipinski definition) is 0. The molecule has 0 saturated carbocycles. The molecule has 1 saturated heterocycles. The maximum absolute atomic E-state index is 10.5. The smallest absolute Gasteiger partial charge is 0.120 e. The van der Waals surface area contributed by atoms with Crippen LogP contribution in [-0.2, 0) is 4.79 Å². The average Bonchev–Trinajstić information content (AvgIpc) is 2.93. The van der Waals surface area contributed by atoms with Gasteiger partial charge in [0.05, 0.1) is 11.4 Å². The van der Waals surface area contributed by atoms with Crippen molar-refractivity contribution in [1.82, 2.24) is 0 Å². The normalized spacial score (nSPS) is 14.7. The van der Waals surface area contributed by atoms with Crippen LogP contribution in [-0.4, -0.2) is 39.2 Å². The van der Waals surface area contributed by atoms with E-state index in [0.717, 1.165) is 29.6 Å². The quantitative estimate of drug-likeness (QED) is 0.439. The first-order valence-corrected chi connectivity index (χ1v) is 8.73. The maximum Gasteiger partial charge on any atom is 0.120 e. The molecule has 0 aromatic heterocycles. The van der Waals surface area contributed by atoms with E-state index >= 15 is 0 Å². The van der Waals surface area contributed by atoms with E-state index in [2.05, 4.69) is 52.0 Å². The molecular weight excluding hydrogens is 336 g/mol. The summed E-state index contributed by atoms with van der Waals surface area (Å²) >= 11 is 5.47. The lowest BCUT2D eigenvalue weighted by atomic mass is 10.2. The number of benzene rings is 1. The van der Waals surface area contributed by atoms with Gasteiger partial charge in [-0.05, 0) is 40.9 Å². The van der Waals surface area contributed by atoms with Crippen LogP contribution in [0.1, 0.15) is 19.3 Å². The lowest BCUT2D eigenvalue weighted by molar-refractivity contribution is -0.107. The van der Waals surface area contributed by atoms with Gasteiger partial charge in [-0.25, -0.2) is 0 Å². The van der Waals surface area contributed by atoms with Crippen LogP contribution in [0.5, 0.6) is 0 Å². The molecule has 2 rings (SSSR count). The molecule has 0 radical (unpaired) electrons. The number of aldehydes is 1. The van der Waals surface area contributed by atoms with E-state index in [1.165, 1.54) is 29.1 Å². The molecule has 0 aliphatic carbocycles. The molecule has 0 spiro atoms. The topological polar surface area (TPSA) is 23.6 Å². The summed E-state index contributed by atoms with van der Waals surface area (Å²) in [6.07, 6.45) is 4.14. The highest BCUT2D eigenvalue weighted by Gasteiger charge is 2.18. The number of nitrogens with zero attached hydrogens (tertiary/aromatic N) is 2. The molecule has 0 N–H and O–H groups in total. The van der Waals surface area contributed by atoms with Crippen LogP contribution in [0.2, 0.25) is 0 Å². The SMILES string of the molecule is CN(C)c1cc(Br)c(N2CCCC2)cc1SCCC=O. The highest BCUT2D eigenvalue weighted by molar-refractivity contribution is 9.10. The highest BCUT2D eigenvalue weighted by atomic mass is 79.9. The fraction of sp³-hybridized carbons (Fsp3) is 0.533. The van der Waals surface area contributed by atoms with E-state index in [0.29, 0.717) is 6.42 Å². The fourth-order valence-electron chi connectivity index (χ4n) is 2.41. The molecule has 0 atom stereocenters. The monoisotopic (exact) mass is 356 g/mol. The van der Waals surface area contributed by atoms with Gasteiger partial charge >= 0.3 is 0 Å². The molecule has 5 heteroatoms. The average molecular weight is 357 g/mol. The Kier molecular flexibility index (Phi) is 5.78. The van der Waals surface area contributed by atoms with Crippen LogP contribution in [0, 0.1) is 0 Å². The van der Waals surface area contributed by atoms with Crippen molar-refractivity contribution in [1.29, 1.82) is 0 Å². The molecule has 0 amide bonds. The minimum absolute atomic E-state index is 0.604. The van der Waals surface area contributed by atoms with Crippen LogP contribution in [0.3, 0.4) is 0 Å². The summed E-state index contributed by atoms with van der Waals surface area (Å²) < 4.78 is 1.16. The zero-order valence-corrected chi connectivity index (χ0v) is 14.5. The van der Waals surface area contributed by atoms with E-state index in [1.807, 2.05) is 0 Å². The first-order valence-electron chi connectivity index (χ1n) is 6.95. The first kappa shape index (κ1) is 15.7. The predicted octanol–water partition coefficient (Wildman–Crippen LogP) is 3.80. The second-order valence-corrected chi connectivity index (χ2v) is 7.15. The van der Waals surface area contributed by atoms with E-state index in [-0.39, 0.29) is 0 Å². The number of anilines is 2. The van der Waals surface area contributed by atoms with Gasteiger partial charge in [-0.3, -0.25) is 0 Å². The molecule has 3 nitrogen and oxygen atoms in total. The van der Waals surface area contributed by atoms with E-state index in [9.17, 15) is 4.79 Å². The van der Waals surface area contributed by atoms with Gasteiger partial charge in [-0.15, -0.1) is 11.8 Å². The zero-order chi connectivity index (χ0) is 14.5. The third kappa shape index (κ3) is 3.70. The van der Waals surface area contributed by atoms with Gasteiger partial charge in [0, 0.05) is 48.7 Å². The number of thioether (sulfide) groups is 1. The minimum Gasteiger partial charge on any atom is -0.377 e. The fourth-order valence-corrected chi connectivity index (χ4v) is 4.02. The molecule has 1 aliphatic rings. The Labute approximate surface area is 133 Å². The molecule has 1 aliphatic heterocycles. The number of carbonyl (C=O) groups is 1. The molecule has 1 heterocycles.